The molecule has 1 rings (SSSR count). The molecule has 0 heterocycles. The van der Waals surface area contributed by atoms with Crippen LogP contribution in [0.5, 0.6) is 0 Å². The number of hydrogen-bond acceptors (Lipinski definition) is 5. The monoisotopic (exact) mass is 288 g/mol. The lowest BCUT2D eigenvalue weighted by Crippen LogP contribution is -2.37. The van der Waals surface area contributed by atoms with Gasteiger partial charge in [0, 0.05) is 19.2 Å². The standard InChI is InChI=1S/C11H16N2O5S/c1-3-9(8-18-2)12-19(16,17)11-7-5-4-6-10(11)13(14)15/h4-7,9,12H,3,8H2,1-2H3. The Balaban J connectivity index is 3.10. The largest absolute Gasteiger partial charge is 0.383 e. The molecule has 0 saturated heterocycles. The Bertz CT molecular complexity index is 544. The summed E-state index contributed by atoms with van der Waals surface area (Å²) < 4.78 is 31.6. The summed E-state index contributed by atoms with van der Waals surface area (Å²) in [6.45, 7) is 2.00. The minimum Gasteiger partial charge on any atom is -0.383 e. The second-order valence-corrected chi connectivity index (χ2v) is 5.59. The first-order valence-corrected chi connectivity index (χ1v) is 7.15. The molecule has 0 saturated carbocycles. The molecule has 1 aromatic rings. The van der Waals surface area contributed by atoms with Crippen molar-refractivity contribution in [2.45, 2.75) is 24.3 Å². The molecule has 19 heavy (non-hydrogen) atoms. The Labute approximate surface area is 111 Å². The van der Waals surface area contributed by atoms with E-state index in [0.717, 1.165) is 6.07 Å². The molecular formula is C11H16N2O5S. The zero-order valence-corrected chi connectivity index (χ0v) is 11.5. The summed E-state index contributed by atoms with van der Waals surface area (Å²) in [5.74, 6) is 0. The SMILES string of the molecule is CCC(COC)NS(=O)(=O)c1ccccc1[N+](=O)[O-]. The molecule has 0 fully saturated rings. The smallest absolute Gasteiger partial charge is 0.289 e. The van der Waals surface area contributed by atoms with E-state index >= 15 is 0 Å². The number of rotatable bonds is 7. The van der Waals surface area contributed by atoms with Crippen molar-refractivity contribution in [3.8, 4) is 0 Å². The maximum absolute atomic E-state index is 12.1. The minimum absolute atomic E-state index is 0.205. The van der Waals surface area contributed by atoms with Crippen LogP contribution in [-0.4, -0.2) is 33.1 Å². The Morgan fingerprint density at radius 2 is 2.05 bits per heavy atom. The molecule has 0 bridgehead atoms. The number of nitro benzene ring substituents is 1. The number of para-hydroxylation sites is 1. The average molecular weight is 288 g/mol. The Hall–Kier alpha value is -1.51. The summed E-state index contributed by atoms with van der Waals surface area (Å²) in [5.41, 5.74) is -0.442. The van der Waals surface area contributed by atoms with Crippen LogP contribution in [0.15, 0.2) is 29.2 Å². The molecule has 0 aliphatic rings. The molecule has 0 amide bonds. The fraction of sp³-hybridized carbons (Fsp3) is 0.455. The van der Waals surface area contributed by atoms with Crippen LogP contribution in [0.25, 0.3) is 0 Å². The van der Waals surface area contributed by atoms with Gasteiger partial charge in [-0.05, 0) is 12.5 Å². The van der Waals surface area contributed by atoms with E-state index in [1.54, 1.807) is 6.92 Å². The van der Waals surface area contributed by atoms with Gasteiger partial charge in [0.05, 0.1) is 11.5 Å². The molecule has 0 aromatic heterocycles. The van der Waals surface area contributed by atoms with E-state index in [-0.39, 0.29) is 11.5 Å². The van der Waals surface area contributed by atoms with Gasteiger partial charge < -0.3 is 4.74 Å². The van der Waals surface area contributed by atoms with Crippen LogP contribution in [0.4, 0.5) is 5.69 Å². The average Bonchev–Trinajstić information content (AvgIpc) is 2.38. The van der Waals surface area contributed by atoms with Crippen LogP contribution in [0.2, 0.25) is 0 Å². The molecular weight excluding hydrogens is 272 g/mol. The van der Waals surface area contributed by atoms with E-state index < -0.39 is 26.7 Å². The van der Waals surface area contributed by atoms with E-state index in [4.69, 9.17) is 4.74 Å². The van der Waals surface area contributed by atoms with Gasteiger partial charge in [0.15, 0.2) is 4.90 Å². The highest BCUT2D eigenvalue weighted by Crippen LogP contribution is 2.23. The number of hydrogen-bond donors (Lipinski definition) is 1. The molecule has 0 spiro atoms. The predicted octanol–water partition coefficient (Wildman–Crippen LogP) is 1.30. The van der Waals surface area contributed by atoms with E-state index in [1.807, 2.05) is 0 Å². The number of benzene rings is 1. The van der Waals surface area contributed by atoms with Crippen LogP contribution in [0.1, 0.15) is 13.3 Å². The first-order chi connectivity index (χ1) is 8.92. The molecule has 7 nitrogen and oxygen atoms in total. The second kappa shape index (κ2) is 6.60. The number of nitro groups is 1. The summed E-state index contributed by atoms with van der Waals surface area (Å²) in [6.07, 6.45) is 0.522. The Kier molecular flexibility index (Phi) is 5.40. The summed E-state index contributed by atoms with van der Waals surface area (Å²) >= 11 is 0. The molecule has 8 heteroatoms. The molecule has 1 N–H and O–H groups in total. The Morgan fingerprint density at radius 3 is 2.58 bits per heavy atom. The molecule has 0 aliphatic carbocycles. The van der Waals surface area contributed by atoms with Gasteiger partial charge in [0.1, 0.15) is 0 Å². The van der Waals surface area contributed by atoms with Crippen molar-refractivity contribution in [1.82, 2.24) is 4.72 Å². The van der Waals surface area contributed by atoms with Crippen LogP contribution in [0, 0.1) is 10.1 Å². The van der Waals surface area contributed by atoms with Gasteiger partial charge in [0.2, 0.25) is 10.0 Å². The molecule has 1 aromatic carbocycles. The summed E-state index contributed by atoms with van der Waals surface area (Å²) in [6, 6.07) is 4.81. The number of methoxy groups -OCH3 is 1. The molecule has 0 radical (unpaired) electrons. The maximum atomic E-state index is 12.1. The van der Waals surface area contributed by atoms with Crippen molar-refractivity contribution in [1.29, 1.82) is 0 Å². The van der Waals surface area contributed by atoms with Gasteiger partial charge in [0.25, 0.3) is 5.69 Å². The third-order valence-corrected chi connectivity index (χ3v) is 4.10. The van der Waals surface area contributed by atoms with E-state index in [9.17, 15) is 18.5 Å². The van der Waals surface area contributed by atoms with Crippen molar-refractivity contribution in [3.05, 3.63) is 34.4 Å². The topological polar surface area (TPSA) is 98.5 Å². The lowest BCUT2D eigenvalue weighted by atomic mass is 10.3. The number of nitrogens with zero attached hydrogens (tertiary/aromatic N) is 1. The van der Waals surface area contributed by atoms with Crippen LogP contribution in [0.3, 0.4) is 0 Å². The molecule has 0 aliphatic heterocycles. The van der Waals surface area contributed by atoms with E-state index in [0.29, 0.717) is 6.42 Å². The fourth-order valence-electron chi connectivity index (χ4n) is 1.55. The van der Waals surface area contributed by atoms with Crippen molar-refractivity contribution in [2.75, 3.05) is 13.7 Å². The fourth-order valence-corrected chi connectivity index (χ4v) is 3.03. The maximum Gasteiger partial charge on any atom is 0.289 e. The van der Waals surface area contributed by atoms with Gasteiger partial charge in [-0.3, -0.25) is 10.1 Å². The highest BCUT2D eigenvalue weighted by Gasteiger charge is 2.27. The first kappa shape index (κ1) is 15.5. The second-order valence-electron chi connectivity index (χ2n) is 3.91. The minimum atomic E-state index is -3.94. The normalized spacial score (nSPS) is 13.2. The summed E-state index contributed by atoms with van der Waals surface area (Å²) in [5, 5.41) is 10.8. The Morgan fingerprint density at radius 1 is 1.42 bits per heavy atom. The third kappa shape index (κ3) is 3.98. The number of nitrogens with one attached hydrogen (secondary N) is 1. The van der Waals surface area contributed by atoms with Crippen LogP contribution in [-0.2, 0) is 14.8 Å². The van der Waals surface area contributed by atoms with Crippen molar-refractivity contribution >= 4 is 15.7 Å². The van der Waals surface area contributed by atoms with Crippen LogP contribution >= 0.6 is 0 Å². The highest BCUT2D eigenvalue weighted by atomic mass is 32.2. The van der Waals surface area contributed by atoms with Crippen molar-refractivity contribution < 1.29 is 18.1 Å². The third-order valence-electron chi connectivity index (χ3n) is 2.53. The zero-order chi connectivity index (χ0) is 14.5. The van der Waals surface area contributed by atoms with E-state index in [1.165, 1.54) is 25.3 Å². The van der Waals surface area contributed by atoms with Gasteiger partial charge in [-0.25, -0.2) is 13.1 Å². The zero-order valence-electron chi connectivity index (χ0n) is 10.7. The van der Waals surface area contributed by atoms with Gasteiger partial charge in [-0.1, -0.05) is 19.1 Å². The number of ether oxygens (including phenoxy) is 1. The van der Waals surface area contributed by atoms with Crippen molar-refractivity contribution in [2.24, 2.45) is 0 Å². The van der Waals surface area contributed by atoms with Gasteiger partial charge in [-0.15, -0.1) is 0 Å². The molecule has 1 atom stereocenters. The predicted molar refractivity (Wildman–Crippen MR) is 69.4 cm³/mol. The summed E-state index contributed by atoms with van der Waals surface area (Å²) in [7, 11) is -2.48. The molecule has 1 unspecified atom stereocenters. The van der Waals surface area contributed by atoms with Gasteiger partial charge in [-0.2, -0.15) is 0 Å². The molecule has 106 valence electrons. The van der Waals surface area contributed by atoms with E-state index in [2.05, 4.69) is 4.72 Å². The summed E-state index contributed by atoms with van der Waals surface area (Å²) in [4.78, 5) is 9.78. The quantitative estimate of drug-likeness (QED) is 0.602. The lowest BCUT2D eigenvalue weighted by molar-refractivity contribution is -0.387. The first-order valence-electron chi connectivity index (χ1n) is 5.67. The highest BCUT2D eigenvalue weighted by molar-refractivity contribution is 7.89. The lowest BCUT2D eigenvalue weighted by Gasteiger charge is -2.15. The van der Waals surface area contributed by atoms with Gasteiger partial charge >= 0.3 is 0 Å². The number of sulfonamides is 1. The van der Waals surface area contributed by atoms with Crippen LogP contribution < -0.4 is 4.72 Å². The van der Waals surface area contributed by atoms with Crippen molar-refractivity contribution in [3.63, 3.8) is 0 Å².